The molecule has 0 fully saturated rings. The van der Waals surface area contributed by atoms with E-state index in [1.165, 1.54) is 29.3 Å². The molecule has 1 aliphatic rings. The number of ether oxygens (including phenoxy) is 4. The van der Waals surface area contributed by atoms with Gasteiger partial charge in [0.05, 0.1) is 37.1 Å². The van der Waals surface area contributed by atoms with E-state index < -0.39 is 23.2 Å². The molecule has 166 valence electrons. The van der Waals surface area contributed by atoms with Gasteiger partial charge in [-0.25, -0.2) is 14.7 Å². The lowest BCUT2D eigenvalue weighted by Crippen LogP contribution is -2.33. The van der Waals surface area contributed by atoms with E-state index >= 15 is 0 Å². The van der Waals surface area contributed by atoms with Gasteiger partial charge in [0.25, 0.3) is 5.69 Å². The van der Waals surface area contributed by atoms with Gasteiger partial charge in [0.1, 0.15) is 17.4 Å². The van der Waals surface area contributed by atoms with E-state index in [0.717, 1.165) is 14.2 Å². The predicted octanol–water partition coefficient (Wildman–Crippen LogP) is 4.14. The Balaban J connectivity index is 2.73. The van der Waals surface area contributed by atoms with Gasteiger partial charge in [-0.3, -0.25) is 15.0 Å². The lowest BCUT2D eigenvalue weighted by Gasteiger charge is -2.35. The first kappa shape index (κ1) is 23.4. The third-order valence-electron chi connectivity index (χ3n) is 4.30. The maximum atomic E-state index is 12.0. The summed E-state index contributed by atoms with van der Waals surface area (Å²) in [4.78, 5) is 40.2. The quantitative estimate of drug-likeness (QED) is 0.267. The summed E-state index contributed by atoms with van der Waals surface area (Å²) in [5.41, 5.74) is 0.791. The van der Waals surface area contributed by atoms with Crippen molar-refractivity contribution in [1.82, 2.24) is 5.06 Å². The van der Waals surface area contributed by atoms with Crippen LogP contribution in [0.15, 0.2) is 59.8 Å². The Labute approximate surface area is 178 Å². The van der Waals surface area contributed by atoms with Gasteiger partial charge in [0.2, 0.25) is 0 Å². The number of rotatable bonds is 7. The van der Waals surface area contributed by atoms with Crippen LogP contribution in [0.3, 0.4) is 0 Å². The number of methoxy groups -OCH3 is 2. The van der Waals surface area contributed by atoms with Crippen molar-refractivity contribution in [3.8, 4) is 0 Å². The van der Waals surface area contributed by atoms with Crippen molar-refractivity contribution in [3.63, 3.8) is 0 Å². The smallest absolute Gasteiger partial charge is 0.437 e. The van der Waals surface area contributed by atoms with Gasteiger partial charge in [-0.15, -0.1) is 6.58 Å². The second-order valence-electron chi connectivity index (χ2n) is 6.18. The molecule has 0 aliphatic carbocycles. The van der Waals surface area contributed by atoms with Gasteiger partial charge in [-0.2, -0.15) is 0 Å². The van der Waals surface area contributed by atoms with Crippen LogP contribution in [0.1, 0.15) is 25.3 Å². The van der Waals surface area contributed by atoms with Gasteiger partial charge >= 0.3 is 12.3 Å². The van der Waals surface area contributed by atoms with E-state index in [-0.39, 0.29) is 23.8 Å². The van der Waals surface area contributed by atoms with Crippen LogP contribution in [0.2, 0.25) is 0 Å². The third-order valence-corrected chi connectivity index (χ3v) is 4.30. The number of nitro benzene ring substituents is 1. The van der Waals surface area contributed by atoms with Gasteiger partial charge in [0.15, 0.2) is 0 Å². The molecule has 1 heterocycles. The molecule has 0 spiro atoms. The van der Waals surface area contributed by atoms with Gasteiger partial charge in [-0.05, 0) is 19.4 Å². The van der Waals surface area contributed by atoms with E-state index in [1.54, 1.807) is 19.9 Å². The molecule has 31 heavy (non-hydrogen) atoms. The zero-order chi connectivity index (χ0) is 23.1. The molecule has 0 radical (unpaired) electrons. The molecule has 0 atom stereocenters. The molecule has 1 aliphatic heterocycles. The van der Waals surface area contributed by atoms with E-state index in [4.69, 9.17) is 14.3 Å². The topological polar surface area (TPSA) is 127 Å². The van der Waals surface area contributed by atoms with E-state index in [9.17, 15) is 19.7 Å². The molecule has 1 aromatic rings. The lowest BCUT2D eigenvalue weighted by molar-refractivity contribution is -0.384. The van der Waals surface area contributed by atoms with Crippen molar-refractivity contribution >= 4 is 18.0 Å². The maximum absolute atomic E-state index is 12.0. The van der Waals surface area contributed by atoms with Crippen LogP contribution in [-0.2, 0) is 23.8 Å². The molecule has 1 aromatic carbocycles. The maximum Gasteiger partial charge on any atom is 0.513 e. The van der Waals surface area contributed by atoms with E-state index in [1.807, 2.05) is 0 Å². The van der Waals surface area contributed by atoms with Crippen molar-refractivity contribution in [1.29, 1.82) is 0 Å². The summed E-state index contributed by atoms with van der Waals surface area (Å²) in [6, 6.07) is 5.62. The van der Waals surface area contributed by atoms with Gasteiger partial charge in [0, 0.05) is 12.1 Å². The monoisotopic (exact) mass is 434 g/mol. The number of allylic oxidation sites excluding steroid dienone is 2. The molecule has 0 saturated carbocycles. The highest BCUT2D eigenvalue weighted by atomic mass is 16.7. The highest BCUT2D eigenvalue weighted by molar-refractivity contribution is 5.65. The number of non-ortho nitro benzene ring substituents is 1. The van der Waals surface area contributed by atoms with Crippen molar-refractivity contribution in [3.05, 3.63) is 75.5 Å². The number of hydroxylamine groups is 2. The number of carbonyl (C=O) groups excluding carboxylic acids is 2. The third kappa shape index (κ3) is 5.20. The summed E-state index contributed by atoms with van der Waals surface area (Å²) in [6.45, 7) is 6.88. The van der Waals surface area contributed by atoms with Crippen LogP contribution >= 0.6 is 0 Å². The largest absolute Gasteiger partial charge is 0.513 e. The molecule has 0 aromatic heterocycles. The van der Waals surface area contributed by atoms with Crippen molar-refractivity contribution in [2.75, 3.05) is 20.8 Å². The average molecular weight is 434 g/mol. The van der Waals surface area contributed by atoms with Crippen LogP contribution in [0, 0.1) is 10.1 Å². The number of hydrogen-bond acceptors (Lipinski definition) is 10. The molecule has 0 amide bonds. The normalized spacial score (nSPS) is 14.3. The second kappa shape index (κ2) is 10.3. The fourth-order valence-electron chi connectivity index (χ4n) is 2.96. The zero-order valence-electron chi connectivity index (χ0n) is 17.4. The number of benzene rings is 1. The predicted molar refractivity (Wildman–Crippen MR) is 106 cm³/mol. The first-order valence-corrected chi connectivity index (χ1v) is 8.96. The second-order valence-corrected chi connectivity index (χ2v) is 6.18. The Hall–Kier alpha value is -3.86. The lowest BCUT2D eigenvalue weighted by atomic mass is 9.90. The SMILES string of the molecule is C=CCON1C(C)=C(OC(=O)OC)C(c2cccc([N+](=O)[O-])c2)C(OC(=O)OC)=C1C. The van der Waals surface area contributed by atoms with Gasteiger partial charge < -0.3 is 18.9 Å². The first-order valence-electron chi connectivity index (χ1n) is 8.96. The Morgan fingerprint density at radius 3 is 2.13 bits per heavy atom. The van der Waals surface area contributed by atoms with Crippen LogP contribution in [-0.4, -0.2) is 43.1 Å². The van der Waals surface area contributed by atoms with Crippen molar-refractivity contribution in [2.45, 2.75) is 19.8 Å². The summed E-state index contributed by atoms with van der Waals surface area (Å²) in [5.74, 6) is -1.04. The molecule has 11 nitrogen and oxygen atoms in total. The van der Waals surface area contributed by atoms with Crippen LogP contribution in [0.4, 0.5) is 15.3 Å². The number of hydrogen-bond donors (Lipinski definition) is 0. The fourth-order valence-corrected chi connectivity index (χ4v) is 2.96. The molecule has 0 saturated heterocycles. The molecule has 2 rings (SSSR count). The molecule has 0 unspecified atom stereocenters. The number of nitro groups is 1. The fraction of sp³-hybridized carbons (Fsp3) is 0.300. The Morgan fingerprint density at radius 1 is 1.13 bits per heavy atom. The standard InChI is InChI=1S/C20H22N2O9/c1-6-10-29-21-12(2)17(30-19(23)27-4)16(18(13(21)3)31-20(24)28-5)14-8-7-9-15(11-14)22(25)26/h6-9,11,16H,1,10H2,2-5H3. The van der Waals surface area contributed by atoms with Crippen LogP contribution in [0.25, 0.3) is 0 Å². The summed E-state index contributed by atoms with van der Waals surface area (Å²) in [5, 5.41) is 12.6. The molecular weight excluding hydrogens is 412 g/mol. The number of carbonyl (C=O) groups is 2. The van der Waals surface area contributed by atoms with E-state index in [2.05, 4.69) is 16.1 Å². The minimum absolute atomic E-state index is 0.0130. The van der Waals surface area contributed by atoms with E-state index in [0.29, 0.717) is 17.0 Å². The zero-order valence-corrected chi connectivity index (χ0v) is 17.4. The summed E-state index contributed by atoms with van der Waals surface area (Å²) >= 11 is 0. The minimum atomic E-state index is -1.04. The Kier molecular flexibility index (Phi) is 7.75. The summed E-state index contributed by atoms with van der Waals surface area (Å²) in [6.07, 6.45) is -0.578. The summed E-state index contributed by atoms with van der Waals surface area (Å²) < 4.78 is 19.9. The highest BCUT2D eigenvalue weighted by Gasteiger charge is 2.39. The molecular formula is C20H22N2O9. The number of nitrogens with zero attached hydrogens (tertiary/aromatic N) is 2. The van der Waals surface area contributed by atoms with Crippen molar-refractivity contribution < 1.29 is 38.3 Å². The summed E-state index contributed by atoms with van der Waals surface area (Å²) in [7, 11) is 2.25. The molecule has 0 N–H and O–H groups in total. The Morgan fingerprint density at radius 2 is 1.68 bits per heavy atom. The minimum Gasteiger partial charge on any atom is -0.437 e. The Bertz CT molecular complexity index is 910. The highest BCUT2D eigenvalue weighted by Crippen LogP contribution is 2.43. The van der Waals surface area contributed by atoms with Crippen molar-refractivity contribution in [2.24, 2.45) is 0 Å². The van der Waals surface area contributed by atoms with Crippen LogP contribution < -0.4 is 0 Å². The first-order chi connectivity index (χ1) is 14.7. The molecule has 11 heteroatoms. The molecule has 0 bridgehead atoms. The van der Waals surface area contributed by atoms with Gasteiger partial charge in [-0.1, -0.05) is 18.2 Å². The van der Waals surface area contributed by atoms with Crippen LogP contribution in [0.5, 0.6) is 0 Å². The average Bonchev–Trinajstić information content (AvgIpc) is 2.76.